The standard InChI is InChI=1S/C31H43FN6OS/c1-22(2)35(3)31(39)27-19-24(32)5-6-29(27)38-21-28(26-7-12-33-20-30(26)38)23-8-13-36(14-9-23)17-18-37-15-10-25(11-16-37)34-40-4/h5-7,12,19-23,25,34H,8-11,13-18H2,1-4H3. The second-order valence-corrected chi connectivity index (χ2v) is 12.2. The number of likely N-dealkylation sites (tertiary alicyclic amines) is 2. The number of carbonyl (C=O) groups excluding carboxylic acids is 1. The number of halogens is 1. The number of aromatic nitrogens is 2. The average Bonchev–Trinajstić information content (AvgIpc) is 3.36. The van der Waals surface area contributed by atoms with Crippen molar-refractivity contribution in [3.05, 3.63) is 59.8 Å². The molecule has 0 atom stereocenters. The van der Waals surface area contributed by atoms with E-state index in [2.05, 4.69) is 38.0 Å². The van der Waals surface area contributed by atoms with Crippen LogP contribution < -0.4 is 4.72 Å². The summed E-state index contributed by atoms with van der Waals surface area (Å²) in [7, 11) is 1.76. The highest BCUT2D eigenvalue weighted by Gasteiger charge is 2.27. The first kappa shape index (κ1) is 29.0. The zero-order valence-corrected chi connectivity index (χ0v) is 25.1. The van der Waals surface area contributed by atoms with Gasteiger partial charge in [0.05, 0.1) is 23.0 Å². The van der Waals surface area contributed by atoms with Crippen molar-refractivity contribution in [2.75, 3.05) is 52.6 Å². The third-order valence-corrected chi connectivity index (χ3v) is 9.38. The van der Waals surface area contributed by atoms with Crippen LogP contribution in [0.4, 0.5) is 4.39 Å². The molecule has 40 heavy (non-hydrogen) atoms. The Morgan fingerprint density at radius 2 is 1.77 bits per heavy atom. The minimum Gasteiger partial charge on any atom is -0.339 e. The zero-order chi connectivity index (χ0) is 28.2. The molecule has 5 rings (SSSR count). The maximum Gasteiger partial charge on any atom is 0.256 e. The number of hydrogen-bond acceptors (Lipinski definition) is 6. The van der Waals surface area contributed by atoms with E-state index < -0.39 is 5.82 Å². The minimum atomic E-state index is -0.410. The van der Waals surface area contributed by atoms with Crippen LogP contribution in [0.1, 0.15) is 61.4 Å². The monoisotopic (exact) mass is 566 g/mol. The molecule has 3 aromatic rings. The van der Waals surface area contributed by atoms with E-state index >= 15 is 0 Å². The zero-order valence-electron chi connectivity index (χ0n) is 24.3. The molecule has 2 aromatic heterocycles. The van der Waals surface area contributed by atoms with Crippen LogP contribution in [0.15, 0.2) is 42.9 Å². The summed E-state index contributed by atoms with van der Waals surface area (Å²) in [5.41, 5.74) is 3.30. The van der Waals surface area contributed by atoms with Crippen LogP contribution in [0.5, 0.6) is 0 Å². The van der Waals surface area contributed by atoms with Gasteiger partial charge in [0.25, 0.3) is 5.91 Å². The molecule has 7 nitrogen and oxygen atoms in total. The molecule has 216 valence electrons. The van der Waals surface area contributed by atoms with Crippen LogP contribution in [-0.2, 0) is 0 Å². The molecule has 4 heterocycles. The Morgan fingerprint density at radius 1 is 1.10 bits per heavy atom. The lowest BCUT2D eigenvalue weighted by Crippen LogP contribution is -2.44. The van der Waals surface area contributed by atoms with Gasteiger partial charge in [0, 0.05) is 50.0 Å². The molecule has 0 bridgehead atoms. The van der Waals surface area contributed by atoms with Crippen molar-refractivity contribution in [2.45, 2.75) is 57.5 Å². The van der Waals surface area contributed by atoms with Crippen molar-refractivity contribution in [3.63, 3.8) is 0 Å². The molecule has 1 amide bonds. The Bertz CT molecular complexity index is 1300. The number of pyridine rings is 1. The molecule has 2 fully saturated rings. The number of nitrogens with zero attached hydrogens (tertiary/aromatic N) is 5. The van der Waals surface area contributed by atoms with Crippen molar-refractivity contribution in [2.24, 2.45) is 0 Å². The second-order valence-electron chi connectivity index (χ2n) is 11.6. The highest BCUT2D eigenvalue weighted by Crippen LogP contribution is 2.36. The summed E-state index contributed by atoms with van der Waals surface area (Å²) in [5.74, 6) is -0.157. The van der Waals surface area contributed by atoms with Gasteiger partial charge >= 0.3 is 0 Å². The number of benzene rings is 1. The summed E-state index contributed by atoms with van der Waals surface area (Å²) in [6, 6.07) is 7.25. The molecule has 0 spiro atoms. The SMILES string of the molecule is CSNC1CCN(CCN2CCC(c3cn(-c4ccc(F)cc4C(=O)N(C)C(C)C)c4cnccc34)CC2)CC1. The number of fused-ring (bicyclic) bond motifs is 1. The van der Waals surface area contributed by atoms with Crippen LogP contribution in [-0.4, -0.2) is 94.8 Å². The molecule has 2 saturated heterocycles. The fraction of sp³-hybridized carbons (Fsp3) is 0.548. The molecule has 0 aliphatic carbocycles. The molecular formula is C31H43FN6OS. The Kier molecular flexibility index (Phi) is 9.45. The van der Waals surface area contributed by atoms with Crippen molar-refractivity contribution >= 4 is 28.8 Å². The third kappa shape index (κ3) is 6.38. The molecule has 2 aliphatic rings. The Balaban J connectivity index is 1.30. The summed E-state index contributed by atoms with van der Waals surface area (Å²) in [6.45, 7) is 10.7. The molecule has 0 radical (unpaired) electrons. The molecule has 0 unspecified atom stereocenters. The fourth-order valence-corrected chi connectivity index (χ4v) is 6.70. The predicted molar refractivity (Wildman–Crippen MR) is 163 cm³/mol. The third-order valence-electron chi connectivity index (χ3n) is 8.81. The van der Waals surface area contributed by atoms with Crippen LogP contribution in [0.3, 0.4) is 0 Å². The van der Waals surface area contributed by atoms with Gasteiger partial charge < -0.3 is 19.3 Å². The summed E-state index contributed by atoms with van der Waals surface area (Å²) in [5, 5.41) is 1.16. The van der Waals surface area contributed by atoms with E-state index in [-0.39, 0.29) is 11.9 Å². The van der Waals surface area contributed by atoms with E-state index in [9.17, 15) is 9.18 Å². The number of amides is 1. The van der Waals surface area contributed by atoms with Gasteiger partial charge in [-0.1, -0.05) is 11.9 Å². The van der Waals surface area contributed by atoms with Gasteiger partial charge in [-0.15, -0.1) is 0 Å². The largest absolute Gasteiger partial charge is 0.339 e. The Labute approximate surface area is 242 Å². The lowest BCUT2D eigenvalue weighted by molar-refractivity contribution is 0.0754. The highest BCUT2D eigenvalue weighted by molar-refractivity contribution is 7.96. The van der Waals surface area contributed by atoms with Gasteiger partial charge in [0.2, 0.25) is 0 Å². The normalized spacial score (nSPS) is 18.1. The first-order valence-electron chi connectivity index (χ1n) is 14.6. The molecular weight excluding hydrogens is 523 g/mol. The summed E-state index contributed by atoms with van der Waals surface area (Å²) in [4.78, 5) is 24.6. The average molecular weight is 567 g/mol. The predicted octanol–water partition coefficient (Wildman–Crippen LogP) is 5.16. The maximum atomic E-state index is 14.4. The number of nitrogens with one attached hydrogen (secondary N) is 1. The van der Waals surface area contributed by atoms with Crippen molar-refractivity contribution in [3.8, 4) is 5.69 Å². The maximum absolute atomic E-state index is 14.4. The van der Waals surface area contributed by atoms with E-state index in [0.717, 1.165) is 49.9 Å². The molecule has 1 aromatic carbocycles. The van der Waals surface area contributed by atoms with E-state index in [1.54, 1.807) is 30.0 Å². The number of hydrogen-bond donors (Lipinski definition) is 1. The topological polar surface area (TPSA) is 56.6 Å². The highest BCUT2D eigenvalue weighted by atomic mass is 32.2. The van der Waals surface area contributed by atoms with Gasteiger partial charge in [-0.2, -0.15) is 0 Å². The van der Waals surface area contributed by atoms with E-state index in [0.29, 0.717) is 23.2 Å². The lowest BCUT2D eigenvalue weighted by atomic mass is 9.89. The van der Waals surface area contributed by atoms with Crippen LogP contribution >= 0.6 is 11.9 Å². The van der Waals surface area contributed by atoms with Gasteiger partial charge in [-0.3, -0.25) is 14.5 Å². The first-order chi connectivity index (χ1) is 19.4. The summed E-state index contributed by atoms with van der Waals surface area (Å²) < 4.78 is 19.9. The number of piperidine rings is 2. The van der Waals surface area contributed by atoms with Crippen molar-refractivity contribution in [1.29, 1.82) is 0 Å². The summed E-state index contributed by atoms with van der Waals surface area (Å²) >= 11 is 1.74. The Morgan fingerprint density at radius 3 is 2.42 bits per heavy atom. The van der Waals surface area contributed by atoms with Gasteiger partial charge in [-0.25, -0.2) is 4.39 Å². The van der Waals surface area contributed by atoms with E-state index in [1.807, 2.05) is 30.8 Å². The minimum absolute atomic E-state index is 0.0106. The molecule has 2 aliphatic heterocycles. The van der Waals surface area contributed by atoms with Crippen molar-refractivity contribution in [1.82, 2.24) is 29.0 Å². The fourth-order valence-electron chi connectivity index (χ4n) is 6.13. The van der Waals surface area contributed by atoms with Crippen LogP contribution in [0.25, 0.3) is 16.6 Å². The van der Waals surface area contributed by atoms with Crippen LogP contribution in [0, 0.1) is 5.82 Å². The quantitative estimate of drug-likeness (QED) is 0.362. The summed E-state index contributed by atoms with van der Waals surface area (Å²) in [6.07, 6.45) is 12.6. The Hall–Kier alpha value is -2.46. The van der Waals surface area contributed by atoms with Gasteiger partial charge in [0.15, 0.2) is 0 Å². The smallest absolute Gasteiger partial charge is 0.256 e. The van der Waals surface area contributed by atoms with Crippen molar-refractivity contribution < 1.29 is 9.18 Å². The number of carbonyl (C=O) groups is 1. The first-order valence-corrected chi connectivity index (χ1v) is 15.8. The van der Waals surface area contributed by atoms with E-state index in [1.165, 1.54) is 43.6 Å². The number of rotatable bonds is 9. The van der Waals surface area contributed by atoms with E-state index in [4.69, 9.17) is 0 Å². The van der Waals surface area contributed by atoms with Crippen LogP contribution in [0.2, 0.25) is 0 Å². The molecule has 9 heteroatoms. The second kappa shape index (κ2) is 13.0. The molecule has 0 saturated carbocycles. The van der Waals surface area contributed by atoms with Gasteiger partial charge in [0.1, 0.15) is 5.82 Å². The van der Waals surface area contributed by atoms with Gasteiger partial charge in [-0.05, 0) is 108 Å². The lowest BCUT2D eigenvalue weighted by Gasteiger charge is -2.36. The molecule has 1 N–H and O–H groups in total.